The summed E-state index contributed by atoms with van der Waals surface area (Å²) < 4.78 is 1.79. The van der Waals surface area contributed by atoms with E-state index in [-0.39, 0.29) is 5.56 Å². The molecule has 0 saturated heterocycles. The van der Waals surface area contributed by atoms with Gasteiger partial charge in [-0.2, -0.15) is 0 Å². The molecule has 0 amide bonds. The lowest BCUT2D eigenvalue weighted by atomic mass is 10.1. The Labute approximate surface area is 103 Å². The molecule has 0 bridgehead atoms. The molecule has 0 fully saturated rings. The molecule has 2 rings (SSSR count). The van der Waals surface area contributed by atoms with Crippen LogP contribution in [0, 0.1) is 5.92 Å². The van der Waals surface area contributed by atoms with Gasteiger partial charge in [-0.1, -0.05) is 41.1 Å². The molecule has 2 aromatic rings. The molecule has 1 unspecified atom stereocenters. The van der Waals surface area contributed by atoms with E-state index in [4.69, 9.17) is 0 Å². The largest absolute Gasteiger partial charge is 0.315 e. The van der Waals surface area contributed by atoms with Crippen LogP contribution in [-0.4, -0.2) is 9.90 Å². The van der Waals surface area contributed by atoms with E-state index in [1.54, 1.807) is 4.57 Å². The zero-order valence-corrected chi connectivity index (χ0v) is 10.8. The van der Waals surface area contributed by atoms with Gasteiger partial charge in [0.1, 0.15) is 0 Å². The summed E-state index contributed by atoms with van der Waals surface area (Å²) in [5, 5.41) is 2.72. The Morgan fingerprint density at radius 1 is 1.31 bits per heavy atom. The van der Waals surface area contributed by atoms with Gasteiger partial charge < -0.3 is 4.57 Å². The van der Waals surface area contributed by atoms with Gasteiger partial charge in [0.2, 0.25) is 0 Å². The molecule has 0 N–H and O–H groups in total. The first-order valence-corrected chi connectivity index (χ1v) is 6.48. The summed E-state index contributed by atoms with van der Waals surface area (Å²) in [5.74, 6) is 0.457. The number of pyridine rings is 1. The predicted octanol–water partition coefficient (Wildman–Crippen LogP) is 3.03. The van der Waals surface area contributed by atoms with Gasteiger partial charge in [0, 0.05) is 23.5 Å². The lowest BCUT2D eigenvalue weighted by molar-refractivity contribution is 0.523. The maximum Gasteiger partial charge on any atom is 0.258 e. The number of alkyl halides is 1. The summed E-state index contributed by atoms with van der Waals surface area (Å²) in [6.07, 6.45) is 1.88. The number of hydrogen-bond donors (Lipinski definition) is 0. The molecule has 0 aliphatic rings. The first-order valence-electron chi connectivity index (χ1n) is 5.36. The lowest BCUT2D eigenvalue weighted by Gasteiger charge is -2.11. The number of benzene rings is 1. The van der Waals surface area contributed by atoms with Crippen LogP contribution in [0.2, 0.25) is 0 Å². The Bertz CT molecular complexity index is 547. The molecule has 84 valence electrons. The number of halogens is 1. The molecular formula is C13H14BrNO. The van der Waals surface area contributed by atoms with E-state index >= 15 is 0 Å². The molecule has 0 radical (unpaired) electrons. The summed E-state index contributed by atoms with van der Waals surface area (Å²) in [6, 6.07) is 9.70. The van der Waals surface area contributed by atoms with Crippen LogP contribution < -0.4 is 5.56 Å². The van der Waals surface area contributed by atoms with Gasteiger partial charge in [-0.3, -0.25) is 4.79 Å². The third-order valence-corrected chi connectivity index (χ3v) is 3.76. The van der Waals surface area contributed by atoms with Crippen molar-refractivity contribution in [2.75, 3.05) is 5.33 Å². The van der Waals surface area contributed by atoms with E-state index in [1.807, 2.05) is 36.5 Å². The third kappa shape index (κ3) is 2.19. The van der Waals surface area contributed by atoms with Crippen molar-refractivity contribution in [1.29, 1.82) is 0 Å². The quantitative estimate of drug-likeness (QED) is 0.792. The maximum absolute atomic E-state index is 12.1. The van der Waals surface area contributed by atoms with E-state index in [1.165, 1.54) is 0 Å². The van der Waals surface area contributed by atoms with Crippen LogP contribution >= 0.6 is 15.9 Å². The van der Waals surface area contributed by atoms with Gasteiger partial charge in [0.05, 0.1) is 0 Å². The Morgan fingerprint density at radius 3 is 2.81 bits per heavy atom. The first-order chi connectivity index (χ1) is 7.72. The minimum Gasteiger partial charge on any atom is -0.315 e. The summed E-state index contributed by atoms with van der Waals surface area (Å²) in [7, 11) is 0. The van der Waals surface area contributed by atoms with Crippen LogP contribution in [0.15, 0.2) is 41.3 Å². The van der Waals surface area contributed by atoms with Crippen LogP contribution in [-0.2, 0) is 6.54 Å². The highest BCUT2D eigenvalue weighted by Crippen LogP contribution is 2.09. The molecular weight excluding hydrogens is 266 g/mol. The van der Waals surface area contributed by atoms with E-state index in [2.05, 4.69) is 22.9 Å². The number of fused-ring (bicyclic) bond motifs is 1. The highest BCUT2D eigenvalue weighted by atomic mass is 79.9. The monoisotopic (exact) mass is 279 g/mol. The molecule has 16 heavy (non-hydrogen) atoms. The van der Waals surface area contributed by atoms with Crippen molar-refractivity contribution >= 4 is 26.7 Å². The summed E-state index contributed by atoms with van der Waals surface area (Å²) in [6.45, 7) is 2.88. The number of hydrogen-bond acceptors (Lipinski definition) is 1. The van der Waals surface area contributed by atoms with Crippen molar-refractivity contribution in [3.63, 3.8) is 0 Å². The van der Waals surface area contributed by atoms with Gasteiger partial charge in [0.25, 0.3) is 5.56 Å². The van der Waals surface area contributed by atoms with Crippen molar-refractivity contribution in [2.45, 2.75) is 13.5 Å². The fraction of sp³-hybridized carbons (Fsp3) is 0.308. The minimum absolute atomic E-state index is 0.103. The van der Waals surface area contributed by atoms with Crippen LogP contribution in [0.5, 0.6) is 0 Å². The number of aromatic nitrogens is 1. The Morgan fingerprint density at radius 2 is 2.06 bits per heavy atom. The molecule has 1 atom stereocenters. The van der Waals surface area contributed by atoms with Gasteiger partial charge in [-0.25, -0.2) is 0 Å². The van der Waals surface area contributed by atoms with E-state index in [0.29, 0.717) is 5.92 Å². The van der Waals surface area contributed by atoms with Crippen molar-refractivity contribution in [1.82, 2.24) is 4.57 Å². The second kappa shape index (κ2) is 4.83. The standard InChI is InChI=1S/C13H14BrNO/c1-10(8-14)9-15-7-6-11-4-2-3-5-12(11)13(15)16/h2-7,10H,8-9H2,1H3. The molecule has 0 saturated carbocycles. The normalized spacial score (nSPS) is 12.9. The van der Waals surface area contributed by atoms with Crippen LogP contribution in [0.1, 0.15) is 6.92 Å². The van der Waals surface area contributed by atoms with Gasteiger partial charge >= 0.3 is 0 Å². The summed E-state index contributed by atoms with van der Waals surface area (Å²) in [5.41, 5.74) is 0.103. The topological polar surface area (TPSA) is 22.0 Å². The molecule has 3 heteroatoms. The summed E-state index contributed by atoms with van der Waals surface area (Å²) in [4.78, 5) is 12.1. The molecule has 1 aromatic heterocycles. The Hall–Kier alpha value is -1.09. The fourth-order valence-corrected chi connectivity index (χ4v) is 1.96. The molecule has 0 spiro atoms. The molecule has 1 heterocycles. The Kier molecular flexibility index (Phi) is 3.44. The van der Waals surface area contributed by atoms with Crippen molar-refractivity contribution in [3.05, 3.63) is 46.9 Å². The van der Waals surface area contributed by atoms with Crippen molar-refractivity contribution in [3.8, 4) is 0 Å². The highest BCUT2D eigenvalue weighted by Gasteiger charge is 2.05. The minimum atomic E-state index is 0.103. The second-order valence-electron chi connectivity index (χ2n) is 4.12. The fourth-order valence-electron chi connectivity index (χ4n) is 1.76. The van der Waals surface area contributed by atoms with Crippen LogP contribution in [0.4, 0.5) is 0 Å². The zero-order chi connectivity index (χ0) is 11.5. The van der Waals surface area contributed by atoms with Gasteiger partial charge in [-0.05, 0) is 23.4 Å². The maximum atomic E-state index is 12.1. The smallest absolute Gasteiger partial charge is 0.258 e. The van der Waals surface area contributed by atoms with Crippen LogP contribution in [0.25, 0.3) is 10.8 Å². The number of nitrogens with zero attached hydrogens (tertiary/aromatic N) is 1. The second-order valence-corrected chi connectivity index (χ2v) is 4.77. The molecule has 1 aromatic carbocycles. The van der Waals surface area contributed by atoms with Crippen molar-refractivity contribution < 1.29 is 0 Å². The Balaban J connectivity index is 2.49. The lowest BCUT2D eigenvalue weighted by Crippen LogP contribution is -2.23. The van der Waals surface area contributed by atoms with Crippen molar-refractivity contribution in [2.24, 2.45) is 5.92 Å². The molecule has 0 aliphatic heterocycles. The SMILES string of the molecule is CC(CBr)Cn1ccc2ccccc2c1=O. The van der Waals surface area contributed by atoms with Crippen LogP contribution in [0.3, 0.4) is 0 Å². The first kappa shape index (κ1) is 11.4. The zero-order valence-electron chi connectivity index (χ0n) is 9.19. The average molecular weight is 280 g/mol. The summed E-state index contributed by atoms with van der Waals surface area (Å²) >= 11 is 3.43. The highest BCUT2D eigenvalue weighted by molar-refractivity contribution is 9.09. The number of rotatable bonds is 3. The van der Waals surface area contributed by atoms with Gasteiger partial charge in [-0.15, -0.1) is 0 Å². The van der Waals surface area contributed by atoms with E-state index in [9.17, 15) is 4.79 Å². The van der Waals surface area contributed by atoms with Gasteiger partial charge in [0.15, 0.2) is 0 Å². The average Bonchev–Trinajstić information content (AvgIpc) is 2.33. The molecule has 0 aliphatic carbocycles. The molecule has 2 nitrogen and oxygen atoms in total. The third-order valence-electron chi connectivity index (χ3n) is 2.66. The van der Waals surface area contributed by atoms with E-state index in [0.717, 1.165) is 22.6 Å². The van der Waals surface area contributed by atoms with E-state index < -0.39 is 0 Å². The predicted molar refractivity (Wildman–Crippen MR) is 71.2 cm³/mol.